The number of hydrogen-bond donors (Lipinski definition) is 1. The minimum absolute atomic E-state index is 0.324. The SMILES string of the molecule is [N-]=[N+]=NCCCNC(=O)C#Cc1ccccc1. The Morgan fingerprint density at radius 2 is 2.18 bits per heavy atom. The molecule has 1 amide bonds. The molecule has 0 atom stereocenters. The summed E-state index contributed by atoms with van der Waals surface area (Å²) in [5.41, 5.74) is 8.84. The largest absolute Gasteiger partial charge is 0.345 e. The van der Waals surface area contributed by atoms with Crippen molar-refractivity contribution >= 4 is 5.91 Å². The van der Waals surface area contributed by atoms with E-state index < -0.39 is 0 Å². The zero-order valence-corrected chi connectivity index (χ0v) is 9.26. The second-order valence-electron chi connectivity index (χ2n) is 3.18. The molecule has 0 saturated heterocycles. The molecule has 0 aliphatic carbocycles. The molecule has 0 radical (unpaired) electrons. The van der Waals surface area contributed by atoms with Crippen molar-refractivity contribution in [2.24, 2.45) is 5.11 Å². The zero-order valence-electron chi connectivity index (χ0n) is 9.26. The summed E-state index contributed by atoms with van der Waals surface area (Å²) in [7, 11) is 0. The van der Waals surface area contributed by atoms with Crippen molar-refractivity contribution in [1.82, 2.24) is 5.32 Å². The smallest absolute Gasteiger partial charge is 0.296 e. The maximum absolute atomic E-state index is 11.3. The van der Waals surface area contributed by atoms with Gasteiger partial charge in [-0.05, 0) is 24.1 Å². The highest BCUT2D eigenvalue weighted by molar-refractivity contribution is 5.94. The molecule has 86 valence electrons. The van der Waals surface area contributed by atoms with Crippen LogP contribution in [0, 0.1) is 11.8 Å². The molecule has 0 saturated carbocycles. The molecule has 17 heavy (non-hydrogen) atoms. The summed E-state index contributed by atoms with van der Waals surface area (Å²) in [6, 6.07) is 9.29. The van der Waals surface area contributed by atoms with E-state index in [4.69, 9.17) is 5.53 Å². The lowest BCUT2D eigenvalue weighted by Gasteiger charge is -1.96. The topological polar surface area (TPSA) is 77.9 Å². The molecule has 0 bridgehead atoms. The number of benzene rings is 1. The highest BCUT2D eigenvalue weighted by atomic mass is 16.1. The van der Waals surface area contributed by atoms with Crippen LogP contribution in [-0.2, 0) is 4.79 Å². The van der Waals surface area contributed by atoms with Gasteiger partial charge in [0.2, 0.25) is 0 Å². The molecule has 0 fully saturated rings. The van der Waals surface area contributed by atoms with Crippen LogP contribution in [0.5, 0.6) is 0 Å². The van der Waals surface area contributed by atoms with Crippen molar-refractivity contribution in [2.45, 2.75) is 6.42 Å². The van der Waals surface area contributed by atoms with Crippen LogP contribution in [0.1, 0.15) is 12.0 Å². The van der Waals surface area contributed by atoms with E-state index in [1.807, 2.05) is 30.3 Å². The normalized spacial score (nSPS) is 8.47. The van der Waals surface area contributed by atoms with Gasteiger partial charge in [0.05, 0.1) is 0 Å². The fourth-order valence-electron chi connectivity index (χ4n) is 1.09. The number of nitrogens with zero attached hydrogens (tertiary/aromatic N) is 3. The first-order valence-electron chi connectivity index (χ1n) is 5.18. The average Bonchev–Trinajstić information content (AvgIpc) is 2.37. The van der Waals surface area contributed by atoms with E-state index in [-0.39, 0.29) is 5.91 Å². The van der Waals surface area contributed by atoms with Gasteiger partial charge in [0.1, 0.15) is 0 Å². The van der Waals surface area contributed by atoms with E-state index in [1.54, 1.807) is 0 Å². The van der Waals surface area contributed by atoms with Crippen molar-refractivity contribution in [3.63, 3.8) is 0 Å². The van der Waals surface area contributed by atoms with Crippen LogP contribution < -0.4 is 5.32 Å². The van der Waals surface area contributed by atoms with Gasteiger partial charge in [-0.1, -0.05) is 29.2 Å². The maximum atomic E-state index is 11.3. The van der Waals surface area contributed by atoms with Crippen LogP contribution in [0.2, 0.25) is 0 Å². The van der Waals surface area contributed by atoms with E-state index in [9.17, 15) is 4.79 Å². The molecule has 0 aliphatic heterocycles. The van der Waals surface area contributed by atoms with Gasteiger partial charge in [-0.2, -0.15) is 0 Å². The average molecular weight is 228 g/mol. The molecule has 0 unspecified atom stereocenters. The van der Waals surface area contributed by atoms with Crippen LogP contribution in [0.4, 0.5) is 0 Å². The predicted octanol–water partition coefficient (Wildman–Crippen LogP) is 1.85. The minimum atomic E-state index is -0.324. The molecule has 0 aromatic heterocycles. The molecule has 1 aromatic carbocycles. The third kappa shape index (κ3) is 5.88. The summed E-state index contributed by atoms with van der Waals surface area (Å²) in [5.74, 6) is 4.91. The lowest BCUT2D eigenvalue weighted by Crippen LogP contribution is -2.23. The number of carbonyl (C=O) groups excluding carboxylic acids is 1. The number of carbonyl (C=O) groups is 1. The zero-order chi connectivity index (χ0) is 12.3. The number of hydrogen-bond acceptors (Lipinski definition) is 2. The second-order valence-corrected chi connectivity index (χ2v) is 3.18. The van der Waals surface area contributed by atoms with Crippen molar-refractivity contribution in [3.8, 4) is 11.8 Å². The minimum Gasteiger partial charge on any atom is -0.345 e. The summed E-state index contributed by atoms with van der Waals surface area (Å²) in [6.45, 7) is 0.838. The van der Waals surface area contributed by atoms with Gasteiger partial charge in [-0.3, -0.25) is 4.79 Å². The standard InChI is InChI=1S/C12H12N4O/c13-16-15-10-4-9-14-12(17)8-7-11-5-2-1-3-6-11/h1-3,5-6H,4,9-10H2,(H,14,17). The fraction of sp³-hybridized carbons (Fsp3) is 0.250. The molecule has 5 nitrogen and oxygen atoms in total. The highest BCUT2D eigenvalue weighted by Gasteiger charge is 1.93. The van der Waals surface area contributed by atoms with Crippen LogP contribution in [0.3, 0.4) is 0 Å². The van der Waals surface area contributed by atoms with Crippen LogP contribution >= 0.6 is 0 Å². The van der Waals surface area contributed by atoms with E-state index in [1.165, 1.54) is 0 Å². The fourth-order valence-corrected chi connectivity index (χ4v) is 1.09. The number of amides is 1. The number of azide groups is 1. The van der Waals surface area contributed by atoms with E-state index in [2.05, 4.69) is 27.2 Å². The summed E-state index contributed by atoms with van der Waals surface area (Å²) in [4.78, 5) is 13.9. The molecule has 0 heterocycles. The Hall–Kier alpha value is -2.44. The quantitative estimate of drug-likeness (QED) is 0.276. The molecule has 1 N–H and O–H groups in total. The third-order valence-electron chi connectivity index (χ3n) is 1.88. The number of rotatable bonds is 4. The van der Waals surface area contributed by atoms with Gasteiger partial charge in [-0.25, -0.2) is 0 Å². The van der Waals surface area contributed by atoms with Gasteiger partial charge in [-0.15, -0.1) is 0 Å². The lowest BCUT2D eigenvalue weighted by molar-refractivity contribution is -0.115. The molecule has 1 aromatic rings. The van der Waals surface area contributed by atoms with Gasteiger partial charge in [0, 0.05) is 29.5 Å². The number of nitrogens with one attached hydrogen (secondary N) is 1. The van der Waals surface area contributed by atoms with Gasteiger partial charge in [0.25, 0.3) is 5.91 Å². The first kappa shape index (κ1) is 12.6. The first-order valence-corrected chi connectivity index (χ1v) is 5.18. The molecular formula is C12H12N4O. The molecule has 5 heteroatoms. The lowest BCUT2D eigenvalue weighted by atomic mass is 10.2. The van der Waals surface area contributed by atoms with E-state index in [0.29, 0.717) is 19.5 Å². The van der Waals surface area contributed by atoms with Gasteiger partial charge >= 0.3 is 0 Å². The monoisotopic (exact) mass is 228 g/mol. The Labute approximate surface area is 99.5 Å². The summed E-state index contributed by atoms with van der Waals surface area (Å²) >= 11 is 0. The van der Waals surface area contributed by atoms with Crippen molar-refractivity contribution < 1.29 is 4.79 Å². The van der Waals surface area contributed by atoms with Crippen molar-refractivity contribution in [2.75, 3.05) is 13.1 Å². The van der Waals surface area contributed by atoms with Gasteiger partial charge in [0.15, 0.2) is 0 Å². The summed E-state index contributed by atoms with van der Waals surface area (Å²) in [5, 5.41) is 5.97. The Morgan fingerprint density at radius 1 is 1.41 bits per heavy atom. The molecule has 1 rings (SSSR count). The maximum Gasteiger partial charge on any atom is 0.296 e. The van der Waals surface area contributed by atoms with Crippen LogP contribution in [0.25, 0.3) is 10.4 Å². The van der Waals surface area contributed by atoms with Crippen LogP contribution in [-0.4, -0.2) is 19.0 Å². The summed E-state index contributed by atoms with van der Waals surface area (Å²) < 4.78 is 0. The summed E-state index contributed by atoms with van der Waals surface area (Å²) in [6.07, 6.45) is 0.614. The highest BCUT2D eigenvalue weighted by Crippen LogP contribution is 1.94. The third-order valence-corrected chi connectivity index (χ3v) is 1.88. The van der Waals surface area contributed by atoms with Crippen LogP contribution in [0.15, 0.2) is 35.4 Å². The Kier molecular flexibility index (Phi) is 5.79. The molecule has 0 aliphatic rings. The van der Waals surface area contributed by atoms with Gasteiger partial charge < -0.3 is 5.32 Å². The molecule has 0 spiro atoms. The second kappa shape index (κ2) is 7.80. The Balaban J connectivity index is 2.30. The van der Waals surface area contributed by atoms with Crippen molar-refractivity contribution in [3.05, 3.63) is 46.3 Å². The van der Waals surface area contributed by atoms with Crippen molar-refractivity contribution in [1.29, 1.82) is 0 Å². The van der Waals surface area contributed by atoms with E-state index >= 15 is 0 Å². The first-order chi connectivity index (χ1) is 8.33. The van der Waals surface area contributed by atoms with E-state index in [0.717, 1.165) is 5.56 Å². The predicted molar refractivity (Wildman–Crippen MR) is 65.0 cm³/mol. The Bertz CT molecular complexity index is 466. The molecular weight excluding hydrogens is 216 g/mol. The Morgan fingerprint density at radius 3 is 2.88 bits per heavy atom.